The van der Waals surface area contributed by atoms with E-state index in [9.17, 15) is 0 Å². The van der Waals surface area contributed by atoms with Crippen LogP contribution in [-0.2, 0) is 22.6 Å². The molecule has 0 spiro atoms. The van der Waals surface area contributed by atoms with Crippen LogP contribution in [0.5, 0.6) is 0 Å². The Morgan fingerprint density at radius 1 is 1.14 bits per heavy atom. The molecule has 6 heteroatoms. The first-order valence-electron chi connectivity index (χ1n) is 7.39. The maximum absolute atomic E-state index is 5.30. The second kappa shape index (κ2) is 13.8. The quantitative estimate of drug-likeness (QED) is 0.279. The zero-order valence-corrected chi connectivity index (χ0v) is 16.1. The Morgan fingerprint density at radius 2 is 1.82 bits per heavy atom. The minimum atomic E-state index is 0. The summed E-state index contributed by atoms with van der Waals surface area (Å²) in [5.74, 6) is 0.812. The molecule has 0 aliphatic heterocycles. The van der Waals surface area contributed by atoms with E-state index < -0.39 is 0 Å². The maximum Gasteiger partial charge on any atom is 0.191 e. The molecule has 0 amide bonds. The van der Waals surface area contributed by atoms with Crippen LogP contribution < -0.4 is 10.6 Å². The molecular weight excluding hydrogens is 393 g/mol. The molecule has 0 atom stereocenters. The van der Waals surface area contributed by atoms with Crippen molar-refractivity contribution in [3.8, 4) is 0 Å². The summed E-state index contributed by atoms with van der Waals surface area (Å²) >= 11 is 0. The first-order valence-corrected chi connectivity index (χ1v) is 7.39. The smallest absolute Gasteiger partial charge is 0.191 e. The first kappa shape index (κ1) is 21.1. The van der Waals surface area contributed by atoms with E-state index in [0.717, 1.165) is 38.7 Å². The van der Waals surface area contributed by atoms with Gasteiger partial charge in [0.25, 0.3) is 0 Å². The van der Waals surface area contributed by atoms with Crippen LogP contribution in [-0.4, -0.2) is 39.9 Å². The highest BCUT2D eigenvalue weighted by Crippen LogP contribution is 2.05. The molecule has 0 saturated carbocycles. The standard InChI is InChI=1S/C16H27N3O2.HI/c1-4-21-11-5-10-18-16(17-2)19-12-14-6-8-15(9-7-14)13-20-3;/h6-9H,4-5,10-13H2,1-3H3,(H2,17,18,19);1H. The fraction of sp³-hybridized carbons (Fsp3) is 0.562. The monoisotopic (exact) mass is 421 g/mol. The number of hydrogen-bond donors (Lipinski definition) is 2. The van der Waals surface area contributed by atoms with Crippen molar-refractivity contribution >= 4 is 29.9 Å². The molecule has 22 heavy (non-hydrogen) atoms. The molecule has 0 unspecified atom stereocenters. The van der Waals surface area contributed by atoms with Gasteiger partial charge >= 0.3 is 0 Å². The molecule has 0 aliphatic rings. The second-order valence-corrected chi connectivity index (χ2v) is 4.65. The summed E-state index contributed by atoms with van der Waals surface area (Å²) < 4.78 is 10.4. The van der Waals surface area contributed by atoms with Gasteiger partial charge in [-0.2, -0.15) is 0 Å². The third kappa shape index (κ3) is 9.22. The van der Waals surface area contributed by atoms with Crippen molar-refractivity contribution in [3.63, 3.8) is 0 Å². The Balaban J connectivity index is 0.00000441. The molecule has 0 aliphatic carbocycles. The Morgan fingerprint density at radius 3 is 2.41 bits per heavy atom. The van der Waals surface area contributed by atoms with E-state index in [1.54, 1.807) is 14.2 Å². The van der Waals surface area contributed by atoms with E-state index in [2.05, 4.69) is 39.9 Å². The summed E-state index contributed by atoms with van der Waals surface area (Å²) in [7, 11) is 3.48. The van der Waals surface area contributed by atoms with Crippen LogP contribution in [0, 0.1) is 0 Å². The zero-order chi connectivity index (χ0) is 15.3. The lowest BCUT2D eigenvalue weighted by atomic mass is 10.1. The highest BCUT2D eigenvalue weighted by molar-refractivity contribution is 14.0. The minimum Gasteiger partial charge on any atom is -0.382 e. The van der Waals surface area contributed by atoms with Gasteiger partial charge in [0.15, 0.2) is 5.96 Å². The van der Waals surface area contributed by atoms with Gasteiger partial charge < -0.3 is 20.1 Å². The van der Waals surface area contributed by atoms with Gasteiger partial charge in [0.05, 0.1) is 6.61 Å². The Hall–Kier alpha value is -0.860. The van der Waals surface area contributed by atoms with Crippen molar-refractivity contribution in [1.82, 2.24) is 10.6 Å². The molecule has 1 aromatic carbocycles. The number of aliphatic imine (C=N–C) groups is 1. The van der Waals surface area contributed by atoms with Crippen LogP contribution in [0.1, 0.15) is 24.5 Å². The highest BCUT2D eigenvalue weighted by Gasteiger charge is 1.99. The van der Waals surface area contributed by atoms with Gasteiger partial charge in [0.1, 0.15) is 0 Å². The van der Waals surface area contributed by atoms with Crippen LogP contribution in [0.25, 0.3) is 0 Å². The minimum absolute atomic E-state index is 0. The average Bonchev–Trinajstić information content (AvgIpc) is 2.52. The van der Waals surface area contributed by atoms with E-state index in [4.69, 9.17) is 9.47 Å². The van der Waals surface area contributed by atoms with Gasteiger partial charge in [-0.1, -0.05) is 24.3 Å². The SMILES string of the molecule is CCOCCCNC(=NC)NCc1ccc(COC)cc1.I. The van der Waals surface area contributed by atoms with Gasteiger partial charge in [-0.3, -0.25) is 4.99 Å². The fourth-order valence-corrected chi connectivity index (χ4v) is 1.85. The molecule has 5 nitrogen and oxygen atoms in total. The number of rotatable bonds is 9. The number of nitrogens with zero attached hydrogens (tertiary/aromatic N) is 1. The number of halogens is 1. The Labute approximate surface area is 150 Å². The highest BCUT2D eigenvalue weighted by atomic mass is 127. The molecular formula is C16H28IN3O2. The molecule has 2 N–H and O–H groups in total. The molecule has 0 bridgehead atoms. The normalized spacial score (nSPS) is 11.0. The van der Waals surface area contributed by atoms with Gasteiger partial charge in [-0.05, 0) is 24.5 Å². The molecule has 0 saturated heterocycles. The summed E-state index contributed by atoms with van der Waals surface area (Å²) in [6.45, 7) is 5.81. The van der Waals surface area contributed by atoms with Crippen LogP contribution >= 0.6 is 24.0 Å². The van der Waals surface area contributed by atoms with Crippen molar-refractivity contribution in [2.75, 3.05) is 33.9 Å². The maximum atomic E-state index is 5.30. The van der Waals surface area contributed by atoms with Gasteiger partial charge in [-0.25, -0.2) is 0 Å². The van der Waals surface area contributed by atoms with Gasteiger partial charge in [-0.15, -0.1) is 24.0 Å². The van der Waals surface area contributed by atoms with Crippen molar-refractivity contribution < 1.29 is 9.47 Å². The van der Waals surface area contributed by atoms with Crippen LogP contribution in [0.15, 0.2) is 29.3 Å². The molecule has 0 fully saturated rings. The molecule has 126 valence electrons. The predicted octanol–water partition coefficient (Wildman–Crippen LogP) is 2.54. The van der Waals surface area contributed by atoms with Crippen LogP contribution in [0.2, 0.25) is 0 Å². The second-order valence-electron chi connectivity index (χ2n) is 4.65. The largest absolute Gasteiger partial charge is 0.382 e. The summed E-state index contributed by atoms with van der Waals surface area (Å²) in [5.41, 5.74) is 2.40. The Bertz CT molecular complexity index is 410. The summed E-state index contributed by atoms with van der Waals surface area (Å²) in [6.07, 6.45) is 0.972. The van der Waals surface area contributed by atoms with Gasteiger partial charge in [0.2, 0.25) is 0 Å². The van der Waals surface area contributed by atoms with Crippen molar-refractivity contribution in [1.29, 1.82) is 0 Å². The zero-order valence-electron chi connectivity index (χ0n) is 13.7. The van der Waals surface area contributed by atoms with Crippen LogP contribution in [0.4, 0.5) is 0 Å². The van der Waals surface area contributed by atoms with E-state index in [-0.39, 0.29) is 24.0 Å². The van der Waals surface area contributed by atoms with Crippen LogP contribution in [0.3, 0.4) is 0 Å². The third-order valence-corrected chi connectivity index (χ3v) is 2.98. The van der Waals surface area contributed by atoms with E-state index in [0.29, 0.717) is 6.61 Å². The topological polar surface area (TPSA) is 54.9 Å². The first-order chi connectivity index (χ1) is 10.3. The molecule has 1 rings (SSSR count). The molecule has 0 heterocycles. The summed E-state index contributed by atoms with van der Waals surface area (Å²) in [4.78, 5) is 4.20. The lowest BCUT2D eigenvalue weighted by molar-refractivity contribution is 0.145. The number of methoxy groups -OCH3 is 1. The number of guanidine groups is 1. The predicted molar refractivity (Wildman–Crippen MR) is 102 cm³/mol. The summed E-state index contributed by atoms with van der Waals surface area (Å²) in [5, 5.41) is 6.56. The lowest BCUT2D eigenvalue weighted by Gasteiger charge is -2.12. The molecule has 0 radical (unpaired) electrons. The van der Waals surface area contributed by atoms with Crippen molar-refractivity contribution in [3.05, 3.63) is 35.4 Å². The van der Waals surface area contributed by atoms with E-state index >= 15 is 0 Å². The summed E-state index contributed by atoms with van der Waals surface area (Å²) in [6, 6.07) is 8.37. The third-order valence-electron chi connectivity index (χ3n) is 2.98. The average molecular weight is 421 g/mol. The van der Waals surface area contributed by atoms with Gasteiger partial charge in [0, 0.05) is 40.5 Å². The fourth-order valence-electron chi connectivity index (χ4n) is 1.85. The number of benzene rings is 1. The molecule has 0 aromatic heterocycles. The van der Waals surface area contributed by atoms with Crippen molar-refractivity contribution in [2.24, 2.45) is 4.99 Å². The number of ether oxygens (including phenoxy) is 2. The van der Waals surface area contributed by atoms with Crippen molar-refractivity contribution in [2.45, 2.75) is 26.5 Å². The lowest BCUT2D eigenvalue weighted by Crippen LogP contribution is -2.37. The Kier molecular flexibility index (Phi) is 13.2. The number of hydrogen-bond acceptors (Lipinski definition) is 3. The van der Waals surface area contributed by atoms with E-state index in [1.165, 1.54) is 11.1 Å². The van der Waals surface area contributed by atoms with E-state index in [1.807, 2.05) is 6.92 Å². The molecule has 1 aromatic rings. The number of nitrogens with one attached hydrogen (secondary N) is 2.